The van der Waals surface area contributed by atoms with Crippen molar-refractivity contribution in [2.24, 2.45) is 0 Å². The maximum atomic E-state index is 11.9. The molecule has 7 nitrogen and oxygen atoms in total. The third-order valence-electron chi connectivity index (χ3n) is 2.86. The summed E-state index contributed by atoms with van der Waals surface area (Å²) in [5.74, 6) is 0.690. The first-order chi connectivity index (χ1) is 8.83. The molecule has 20 heavy (non-hydrogen) atoms. The van der Waals surface area contributed by atoms with Gasteiger partial charge in [0.2, 0.25) is 10.0 Å². The molecule has 0 aliphatic heterocycles. The quantitative estimate of drug-likeness (QED) is 0.830. The number of hydrogen-bond donors (Lipinski definition) is 0. The van der Waals surface area contributed by atoms with Crippen molar-refractivity contribution in [3.8, 4) is 0 Å². The van der Waals surface area contributed by atoms with Crippen molar-refractivity contribution < 1.29 is 8.42 Å². The zero-order valence-corrected chi connectivity index (χ0v) is 14.2. The summed E-state index contributed by atoms with van der Waals surface area (Å²) >= 11 is 0. The molecule has 0 aliphatic rings. The molecule has 0 radical (unpaired) electrons. The molecule has 0 fully saturated rings. The van der Waals surface area contributed by atoms with Gasteiger partial charge in [-0.15, -0.1) is 5.10 Å². The van der Waals surface area contributed by atoms with Gasteiger partial charge in [-0.2, -0.15) is 4.31 Å². The monoisotopic (exact) mass is 303 g/mol. The normalized spacial score (nSPS) is 14.0. The van der Waals surface area contributed by atoms with Crippen LogP contribution >= 0.6 is 0 Å². The van der Waals surface area contributed by atoms with Crippen LogP contribution in [0.3, 0.4) is 0 Å². The Bertz CT molecular complexity index is 551. The largest absolute Gasteiger partial charge is 0.224 e. The Morgan fingerprint density at radius 2 is 1.70 bits per heavy atom. The van der Waals surface area contributed by atoms with E-state index in [1.807, 2.05) is 41.5 Å². The first kappa shape index (κ1) is 17.0. The van der Waals surface area contributed by atoms with Crippen molar-refractivity contribution in [3.63, 3.8) is 0 Å². The number of sulfonamides is 1. The smallest absolute Gasteiger partial charge is 0.211 e. The van der Waals surface area contributed by atoms with Crippen LogP contribution in [0.2, 0.25) is 0 Å². The van der Waals surface area contributed by atoms with E-state index in [0.29, 0.717) is 18.8 Å². The van der Waals surface area contributed by atoms with Crippen LogP contribution in [0.1, 0.15) is 47.4 Å². The molecule has 8 heteroatoms. The Hall–Kier alpha value is -1.02. The molecule has 0 saturated heterocycles. The Balaban J connectivity index is 2.93. The average molecular weight is 303 g/mol. The lowest BCUT2D eigenvalue weighted by Crippen LogP contribution is -2.46. The van der Waals surface area contributed by atoms with Crippen molar-refractivity contribution >= 4 is 10.0 Å². The van der Waals surface area contributed by atoms with Crippen LogP contribution in [0.4, 0.5) is 0 Å². The molecular weight excluding hydrogens is 278 g/mol. The Kier molecular flexibility index (Phi) is 4.60. The van der Waals surface area contributed by atoms with E-state index in [9.17, 15) is 8.42 Å². The third kappa shape index (κ3) is 4.24. The van der Waals surface area contributed by atoms with Gasteiger partial charge in [0.05, 0.1) is 11.8 Å². The maximum absolute atomic E-state index is 11.9. The molecule has 1 heterocycles. The van der Waals surface area contributed by atoms with E-state index in [1.165, 1.54) is 10.6 Å². The first-order valence-electron chi connectivity index (χ1n) is 6.59. The van der Waals surface area contributed by atoms with Crippen LogP contribution in [0, 0.1) is 0 Å². The number of rotatable bonds is 4. The Labute approximate surface area is 121 Å². The van der Waals surface area contributed by atoms with Crippen LogP contribution in [0.15, 0.2) is 0 Å². The number of nitrogens with zero attached hydrogens (tertiary/aromatic N) is 5. The van der Waals surface area contributed by atoms with Gasteiger partial charge in [-0.3, -0.25) is 0 Å². The topological polar surface area (TPSA) is 81.0 Å². The highest BCUT2D eigenvalue weighted by Crippen LogP contribution is 2.19. The number of hydrogen-bond acceptors (Lipinski definition) is 5. The summed E-state index contributed by atoms with van der Waals surface area (Å²) in [6.45, 7) is 12.0. The van der Waals surface area contributed by atoms with E-state index in [4.69, 9.17) is 0 Å². The minimum absolute atomic E-state index is 0.226. The first-order valence-corrected chi connectivity index (χ1v) is 8.44. The molecule has 1 aromatic rings. The summed E-state index contributed by atoms with van der Waals surface area (Å²) in [4.78, 5) is 0. The van der Waals surface area contributed by atoms with Gasteiger partial charge in [0.15, 0.2) is 5.82 Å². The van der Waals surface area contributed by atoms with Gasteiger partial charge >= 0.3 is 0 Å². The van der Waals surface area contributed by atoms with E-state index in [0.717, 1.165) is 0 Å². The maximum Gasteiger partial charge on any atom is 0.211 e. The molecule has 0 spiro atoms. The lowest BCUT2D eigenvalue weighted by Gasteiger charge is -2.33. The molecule has 0 unspecified atom stereocenters. The Morgan fingerprint density at radius 1 is 1.15 bits per heavy atom. The molecule has 0 aromatic carbocycles. The molecule has 1 rings (SSSR count). The predicted molar refractivity (Wildman–Crippen MR) is 77.8 cm³/mol. The molecule has 116 valence electrons. The zero-order valence-electron chi connectivity index (χ0n) is 13.4. The summed E-state index contributed by atoms with van der Waals surface area (Å²) in [5.41, 5.74) is -0.690. The summed E-state index contributed by atoms with van der Waals surface area (Å²) in [6, 6.07) is 0. The minimum atomic E-state index is -3.27. The van der Waals surface area contributed by atoms with Crippen molar-refractivity contribution in [2.75, 3.05) is 12.8 Å². The lowest BCUT2D eigenvalue weighted by molar-refractivity contribution is 0.248. The zero-order chi connectivity index (χ0) is 15.8. The lowest BCUT2D eigenvalue weighted by atomic mass is 10.1. The van der Waals surface area contributed by atoms with Gasteiger partial charge in [0.1, 0.15) is 0 Å². The van der Waals surface area contributed by atoms with Crippen molar-refractivity contribution in [3.05, 3.63) is 5.82 Å². The van der Waals surface area contributed by atoms with Crippen LogP contribution in [0.5, 0.6) is 0 Å². The number of aromatic nitrogens is 4. The van der Waals surface area contributed by atoms with E-state index in [2.05, 4.69) is 15.5 Å². The molecule has 0 bridgehead atoms. The minimum Gasteiger partial charge on any atom is -0.224 e. The fourth-order valence-corrected chi connectivity index (χ4v) is 3.50. The standard InChI is InChI=1S/C12H25N5O2S/c1-11(2,3)16(20(7,18)19)9-8-10-13-14-15-17(10)12(4,5)6/h8-9H2,1-7H3. The highest BCUT2D eigenvalue weighted by atomic mass is 32.2. The van der Waals surface area contributed by atoms with Crippen LogP contribution < -0.4 is 0 Å². The molecule has 0 aliphatic carbocycles. The van der Waals surface area contributed by atoms with Crippen LogP contribution in [-0.4, -0.2) is 51.3 Å². The van der Waals surface area contributed by atoms with E-state index in [1.54, 1.807) is 4.68 Å². The average Bonchev–Trinajstić information content (AvgIpc) is 2.60. The second-order valence-electron chi connectivity index (χ2n) is 6.93. The fourth-order valence-electron chi connectivity index (χ4n) is 2.08. The van der Waals surface area contributed by atoms with Gasteiger partial charge < -0.3 is 0 Å². The summed E-state index contributed by atoms with van der Waals surface area (Å²) in [7, 11) is -3.27. The van der Waals surface area contributed by atoms with E-state index in [-0.39, 0.29) is 5.54 Å². The predicted octanol–water partition coefficient (Wildman–Crippen LogP) is 1.03. The molecular formula is C12H25N5O2S. The Morgan fingerprint density at radius 3 is 2.10 bits per heavy atom. The number of tetrazole rings is 1. The van der Waals surface area contributed by atoms with Gasteiger partial charge in [0.25, 0.3) is 0 Å². The van der Waals surface area contributed by atoms with Crippen molar-refractivity contribution in [1.82, 2.24) is 24.5 Å². The molecule has 0 atom stereocenters. The van der Waals surface area contributed by atoms with E-state index < -0.39 is 15.6 Å². The van der Waals surface area contributed by atoms with Crippen LogP contribution in [0.25, 0.3) is 0 Å². The second kappa shape index (κ2) is 5.40. The van der Waals surface area contributed by atoms with Crippen molar-refractivity contribution in [1.29, 1.82) is 0 Å². The highest BCUT2D eigenvalue weighted by Gasteiger charge is 2.30. The summed E-state index contributed by atoms with van der Waals surface area (Å²) in [6.07, 6.45) is 1.71. The van der Waals surface area contributed by atoms with Gasteiger partial charge in [-0.25, -0.2) is 13.1 Å². The van der Waals surface area contributed by atoms with Gasteiger partial charge in [-0.05, 0) is 52.0 Å². The highest BCUT2D eigenvalue weighted by molar-refractivity contribution is 7.88. The van der Waals surface area contributed by atoms with Crippen molar-refractivity contribution in [2.45, 2.75) is 59.0 Å². The second-order valence-corrected chi connectivity index (χ2v) is 8.84. The summed E-state index contributed by atoms with van der Waals surface area (Å²) < 4.78 is 27.0. The SMILES string of the molecule is CC(C)(C)N(CCc1nnnn1C(C)(C)C)S(C)(=O)=O. The molecule has 1 aromatic heterocycles. The summed E-state index contributed by atoms with van der Waals surface area (Å²) in [5, 5.41) is 11.7. The molecule has 0 saturated carbocycles. The van der Waals surface area contributed by atoms with Gasteiger partial charge in [0, 0.05) is 18.5 Å². The van der Waals surface area contributed by atoms with Gasteiger partial charge in [-0.1, -0.05) is 0 Å². The fraction of sp³-hybridized carbons (Fsp3) is 0.917. The molecule has 0 N–H and O–H groups in total. The van der Waals surface area contributed by atoms with Crippen LogP contribution in [-0.2, 0) is 22.0 Å². The third-order valence-corrected chi connectivity index (χ3v) is 4.39. The van der Waals surface area contributed by atoms with E-state index >= 15 is 0 Å². The molecule has 0 amide bonds.